The van der Waals surface area contributed by atoms with Crippen molar-refractivity contribution in [2.24, 2.45) is 0 Å². The number of imidazole rings is 3. The van der Waals surface area contributed by atoms with E-state index in [0.29, 0.717) is 0 Å². The molecule has 36 heteroatoms. The molecule has 3 fully saturated rings. The Bertz CT molecular complexity index is 2990. The van der Waals surface area contributed by atoms with Gasteiger partial charge in [-0.05, 0) is 23.6 Å². The SMILES string of the molecule is COC1C(COP(C)(=O)O)OC(n2cnc3c(N)ncnc32)C1OP(O)(=S)OCC1OC(n2cnc3c(N)ncnc32)C(OP(O)(=S)OCC2OC(n3cnc4c(N)ncnc43)C(O)C2O)C1OC. The van der Waals surface area contributed by atoms with Gasteiger partial charge in [0.15, 0.2) is 53.1 Å². The summed E-state index contributed by atoms with van der Waals surface area (Å²) in [5.41, 5.74) is 19.3. The second kappa shape index (κ2) is 19.5. The van der Waals surface area contributed by atoms with E-state index in [0.717, 1.165) is 6.66 Å². The van der Waals surface area contributed by atoms with E-state index in [1.54, 1.807) is 0 Å². The Kier molecular flexibility index (Phi) is 14.1. The largest absolute Gasteiger partial charge is 0.387 e. The van der Waals surface area contributed by atoms with Crippen LogP contribution in [0.3, 0.4) is 0 Å². The van der Waals surface area contributed by atoms with Crippen LogP contribution in [0.5, 0.6) is 0 Å². The molecule has 3 aliphatic rings. The summed E-state index contributed by atoms with van der Waals surface area (Å²) in [6.45, 7) is -9.34. The molecule has 0 amide bonds. The summed E-state index contributed by atoms with van der Waals surface area (Å²) >= 11 is 11.0. The molecule has 0 spiro atoms. The summed E-state index contributed by atoms with van der Waals surface area (Å²) in [5, 5.41) is 22.0. The van der Waals surface area contributed by atoms with Crippen molar-refractivity contribution in [1.82, 2.24) is 58.6 Å². The summed E-state index contributed by atoms with van der Waals surface area (Å²) in [6.07, 6.45) is -7.66. The molecule has 11 N–H and O–H groups in total. The minimum atomic E-state index is -4.39. The Labute approximate surface area is 398 Å². The van der Waals surface area contributed by atoms with Crippen LogP contribution in [0, 0.1) is 0 Å². The highest BCUT2D eigenvalue weighted by Crippen LogP contribution is 2.54. The van der Waals surface area contributed by atoms with Crippen LogP contribution in [-0.2, 0) is 74.5 Å². The molecule has 31 nitrogen and oxygen atoms in total. The average molecular weight is 1060 g/mol. The number of nitrogens with two attached hydrogens (primary N) is 3. The lowest BCUT2D eigenvalue weighted by Crippen LogP contribution is -2.38. The lowest BCUT2D eigenvalue weighted by molar-refractivity contribution is -0.0595. The Balaban J connectivity index is 0.940. The van der Waals surface area contributed by atoms with Crippen LogP contribution in [0.15, 0.2) is 38.0 Å². The topological polar surface area (TPSA) is 419 Å². The molecule has 0 radical (unpaired) electrons. The fourth-order valence-corrected chi connectivity index (χ4v) is 11.3. The minimum Gasteiger partial charge on any atom is -0.387 e. The highest BCUT2D eigenvalue weighted by atomic mass is 32.5. The van der Waals surface area contributed by atoms with Gasteiger partial charge in [-0.3, -0.25) is 27.3 Å². The standard InChI is InChI=1S/C33H44N15O16P3S2/c1-55-21-14(5-57-65(3,51)52)61-32(47-11-44-17-26(35)38-8-41-29(17)47)23(21)64-67(54,69)59-6-15-22(56-2)24(33(62-15)48-12-45-18-27(36)39-9-42-30(18)48)63-66(53,68)58-4-13-19(49)20(50)31(60-13)46-10-43-16-25(34)37-7-40-28(16)46/h7-15,19-24,31-33,49-50H,4-6H2,1-3H3,(H,51,52)(H,53,68)(H,54,69)(H2,34,37,40)(H2,35,38,41)(H2,36,39,42). The maximum atomic E-state index is 12.1. The normalized spacial score (nSPS) is 31.1. The number of rotatable bonds is 18. The van der Waals surface area contributed by atoms with Crippen molar-refractivity contribution in [2.45, 2.75) is 73.6 Å². The molecule has 6 aromatic heterocycles. The van der Waals surface area contributed by atoms with Crippen molar-refractivity contribution in [1.29, 1.82) is 0 Å². The third kappa shape index (κ3) is 9.97. The van der Waals surface area contributed by atoms with Gasteiger partial charge < -0.3 is 79.3 Å². The zero-order valence-electron chi connectivity index (χ0n) is 36.0. The first-order valence-corrected chi connectivity index (χ1v) is 27.4. The van der Waals surface area contributed by atoms with Crippen LogP contribution in [0.1, 0.15) is 18.7 Å². The number of aliphatic hydroxyl groups excluding tert-OH is 2. The Morgan fingerprint density at radius 3 is 1.32 bits per heavy atom. The van der Waals surface area contributed by atoms with Crippen molar-refractivity contribution < 1.29 is 75.8 Å². The van der Waals surface area contributed by atoms with Gasteiger partial charge in [-0.1, -0.05) is 0 Å². The summed E-state index contributed by atoms with van der Waals surface area (Å²) in [6, 6.07) is 0. The number of aliphatic hydroxyl groups is 2. The third-order valence-electron chi connectivity index (χ3n) is 11.2. The molecule has 15 unspecified atom stereocenters. The third-order valence-corrected chi connectivity index (χ3v) is 15.0. The predicted octanol–water partition coefficient (Wildman–Crippen LogP) is -1.23. The van der Waals surface area contributed by atoms with Gasteiger partial charge in [0, 0.05) is 20.9 Å². The van der Waals surface area contributed by atoms with Gasteiger partial charge in [-0.2, -0.15) is 0 Å². The first-order chi connectivity index (χ1) is 32.8. The Morgan fingerprint density at radius 1 is 0.565 bits per heavy atom. The molecule has 9 rings (SSSR count). The summed E-state index contributed by atoms with van der Waals surface area (Å²) in [7, 11) is -1.38. The fraction of sp³-hybridized carbons (Fsp3) is 0.545. The average Bonchev–Trinajstić information content (AvgIpc) is 4.16. The molecule has 0 saturated carbocycles. The number of methoxy groups -OCH3 is 2. The zero-order valence-corrected chi connectivity index (χ0v) is 40.3. The van der Waals surface area contributed by atoms with E-state index >= 15 is 0 Å². The molecule has 3 saturated heterocycles. The molecule has 374 valence electrons. The van der Waals surface area contributed by atoms with Crippen LogP contribution >= 0.6 is 21.0 Å². The van der Waals surface area contributed by atoms with Crippen LogP contribution in [0.25, 0.3) is 33.5 Å². The Morgan fingerprint density at radius 2 is 0.928 bits per heavy atom. The first kappa shape index (κ1) is 49.9. The van der Waals surface area contributed by atoms with Crippen LogP contribution in [0.4, 0.5) is 17.5 Å². The molecule has 3 aliphatic heterocycles. The van der Waals surface area contributed by atoms with E-state index in [1.807, 2.05) is 0 Å². The van der Waals surface area contributed by atoms with Crippen molar-refractivity contribution in [3.8, 4) is 0 Å². The van der Waals surface area contributed by atoms with Gasteiger partial charge in [0.1, 0.15) is 90.5 Å². The molecule has 15 atom stereocenters. The number of nitrogens with zero attached hydrogens (tertiary/aromatic N) is 12. The van der Waals surface area contributed by atoms with Gasteiger partial charge in [0.25, 0.3) is 0 Å². The van der Waals surface area contributed by atoms with Crippen molar-refractivity contribution in [3.63, 3.8) is 0 Å². The Hall–Kier alpha value is -4.02. The van der Waals surface area contributed by atoms with Crippen LogP contribution < -0.4 is 17.2 Å². The van der Waals surface area contributed by atoms with E-state index in [9.17, 15) is 29.5 Å². The maximum Gasteiger partial charge on any atom is 0.325 e. The summed E-state index contributed by atoms with van der Waals surface area (Å²) in [5.74, 6) is 0.188. The number of ether oxygens (including phenoxy) is 5. The second-order valence-corrected chi connectivity index (χ2v) is 23.0. The quantitative estimate of drug-likeness (QED) is 0.0467. The van der Waals surface area contributed by atoms with E-state index in [1.165, 1.54) is 65.9 Å². The zero-order chi connectivity index (χ0) is 49.2. The van der Waals surface area contributed by atoms with Gasteiger partial charge in [0.05, 0.1) is 38.8 Å². The highest BCUT2D eigenvalue weighted by Gasteiger charge is 2.53. The van der Waals surface area contributed by atoms with Gasteiger partial charge >= 0.3 is 21.0 Å². The van der Waals surface area contributed by atoms with Gasteiger partial charge in [0.2, 0.25) is 0 Å². The number of nitrogen functional groups attached to an aromatic ring is 3. The van der Waals surface area contributed by atoms with E-state index in [-0.39, 0.29) is 50.9 Å². The second-order valence-electron chi connectivity index (χ2n) is 15.6. The van der Waals surface area contributed by atoms with Gasteiger partial charge in [-0.15, -0.1) is 0 Å². The van der Waals surface area contributed by atoms with E-state index in [4.69, 9.17) is 87.1 Å². The smallest absolute Gasteiger partial charge is 0.325 e. The highest BCUT2D eigenvalue weighted by molar-refractivity contribution is 8.07. The lowest BCUT2D eigenvalue weighted by Gasteiger charge is -2.29. The van der Waals surface area contributed by atoms with E-state index in [2.05, 4.69) is 44.9 Å². The molecular weight excluding hydrogens is 1020 g/mol. The maximum absolute atomic E-state index is 12.1. The van der Waals surface area contributed by atoms with E-state index < -0.39 is 114 Å². The molecule has 9 heterocycles. The molecule has 6 aromatic rings. The fourth-order valence-electron chi connectivity index (χ4n) is 8.11. The number of hydrogen-bond acceptors (Lipinski definition) is 27. The number of aromatic nitrogens is 12. The molecule has 0 bridgehead atoms. The number of hydrogen-bond donors (Lipinski definition) is 8. The van der Waals surface area contributed by atoms with Crippen LogP contribution in [-0.4, -0.2) is 179 Å². The molecular formula is C33H44N15O16P3S2. The lowest BCUT2D eigenvalue weighted by atomic mass is 10.1. The van der Waals surface area contributed by atoms with Crippen LogP contribution in [0.2, 0.25) is 0 Å². The first-order valence-electron chi connectivity index (χ1n) is 20.2. The number of fused-ring (bicyclic) bond motifs is 3. The molecule has 69 heavy (non-hydrogen) atoms. The molecule has 0 aliphatic carbocycles. The van der Waals surface area contributed by atoms with Crippen molar-refractivity contribution in [2.75, 3.05) is 57.9 Å². The van der Waals surface area contributed by atoms with Crippen molar-refractivity contribution >= 4 is 95.6 Å². The molecule has 0 aromatic carbocycles. The number of anilines is 3. The summed E-state index contributed by atoms with van der Waals surface area (Å²) < 4.78 is 75.6. The minimum absolute atomic E-state index is 0.0402. The predicted molar refractivity (Wildman–Crippen MR) is 241 cm³/mol. The van der Waals surface area contributed by atoms with Gasteiger partial charge in [-0.25, -0.2) is 44.9 Å². The monoisotopic (exact) mass is 1060 g/mol. The summed E-state index contributed by atoms with van der Waals surface area (Å²) in [4.78, 5) is 70.6. The van der Waals surface area contributed by atoms with Crippen molar-refractivity contribution in [3.05, 3.63) is 38.0 Å².